The molecule has 1 aromatic heterocycles. The largest absolute Gasteiger partial charge is 0.459 e. The van der Waals surface area contributed by atoms with Crippen LogP contribution in [0.15, 0.2) is 39.8 Å². The Bertz CT molecular complexity index is 1060. The number of aryl methyl sites for hydroxylation is 1. The van der Waals surface area contributed by atoms with E-state index < -0.39 is 10.0 Å². The fourth-order valence-corrected chi connectivity index (χ4v) is 4.42. The van der Waals surface area contributed by atoms with E-state index in [4.69, 9.17) is 16.0 Å². The van der Waals surface area contributed by atoms with Crippen LogP contribution < -0.4 is 5.32 Å². The first kappa shape index (κ1) is 22.3. The lowest BCUT2D eigenvalue weighted by Gasteiger charge is -2.32. The minimum absolute atomic E-state index is 0.0104. The molecule has 1 aromatic carbocycles. The van der Waals surface area contributed by atoms with Crippen LogP contribution in [-0.2, 0) is 10.0 Å². The lowest BCUT2D eigenvalue weighted by molar-refractivity contribution is 0.0695. The number of piperidine rings is 1. The Morgan fingerprint density at radius 1 is 1.20 bits per heavy atom. The number of rotatable bonds is 5. The molecule has 162 valence electrons. The average Bonchev–Trinajstić information content (AvgIpc) is 3.14. The zero-order chi connectivity index (χ0) is 22.1. The SMILES string of the molecule is Cc1ccoc1C(=O)NC1CCN(C(=O)c2cc(S(=O)(=O)N(C)C)ccc2Cl)CC1. The van der Waals surface area contributed by atoms with E-state index in [1.165, 1.54) is 38.6 Å². The van der Waals surface area contributed by atoms with Gasteiger partial charge in [-0.15, -0.1) is 0 Å². The third-order valence-electron chi connectivity index (χ3n) is 5.13. The van der Waals surface area contributed by atoms with Crippen molar-refractivity contribution in [1.82, 2.24) is 14.5 Å². The highest BCUT2D eigenvalue weighted by molar-refractivity contribution is 7.89. The Morgan fingerprint density at radius 3 is 2.43 bits per heavy atom. The van der Waals surface area contributed by atoms with Gasteiger partial charge < -0.3 is 14.6 Å². The van der Waals surface area contributed by atoms with E-state index in [-0.39, 0.29) is 33.3 Å². The molecule has 0 atom stereocenters. The number of likely N-dealkylation sites (tertiary alicyclic amines) is 1. The second-order valence-electron chi connectivity index (χ2n) is 7.40. The summed E-state index contributed by atoms with van der Waals surface area (Å²) < 4.78 is 31.0. The molecule has 1 saturated heterocycles. The minimum atomic E-state index is -3.68. The Balaban J connectivity index is 1.67. The molecule has 2 heterocycles. The van der Waals surface area contributed by atoms with E-state index >= 15 is 0 Å². The van der Waals surface area contributed by atoms with Crippen LogP contribution in [0.5, 0.6) is 0 Å². The number of benzene rings is 1. The van der Waals surface area contributed by atoms with Crippen molar-refractivity contribution >= 4 is 33.4 Å². The summed E-state index contributed by atoms with van der Waals surface area (Å²) in [6.07, 6.45) is 2.62. The predicted octanol–water partition coefficient (Wildman–Crippen LogP) is 2.53. The van der Waals surface area contributed by atoms with E-state index in [1.54, 1.807) is 17.9 Å². The summed E-state index contributed by atoms with van der Waals surface area (Å²) >= 11 is 6.19. The van der Waals surface area contributed by atoms with E-state index in [9.17, 15) is 18.0 Å². The zero-order valence-corrected chi connectivity index (χ0v) is 18.6. The van der Waals surface area contributed by atoms with E-state index in [2.05, 4.69) is 5.32 Å². The van der Waals surface area contributed by atoms with Gasteiger partial charge in [0.15, 0.2) is 5.76 Å². The summed E-state index contributed by atoms with van der Waals surface area (Å²) in [6, 6.07) is 5.76. The maximum Gasteiger partial charge on any atom is 0.287 e. The quantitative estimate of drug-likeness (QED) is 0.749. The van der Waals surface area contributed by atoms with Gasteiger partial charge in [0, 0.05) is 38.8 Å². The van der Waals surface area contributed by atoms with E-state index in [0.717, 1.165) is 9.87 Å². The van der Waals surface area contributed by atoms with Gasteiger partial charge in [-0.3, -0.25) is 9.59 Å². The van der Waals surface area contributed by atoms with Gasteiger partial charge in [-0.2, -0.15) is 0 Å². The fraction of sp³-hybridized carbons (Fsp3) is 0.400. The number of carbonyl (C=O) groups excluding carboxylic acids is 2. The van der Waals surface area contributed by atoms with Crippen molar-refractivity contribution in [3.63, 3.8) is 0 Å². The molecular weight excluding hydrogens is 430 g/mol. The number of nitrogens with zero attached hydrogens (tertiary/aromatic N) is 2. The molecule has 0 aliphatic carbocycles. The van der Waals surface area contributed by atoms with Gasteiger partial charge in [-0.25, -0.2) is 12.7 Å². The molecule has 10 heteroatoms. The first-order valence-electron chi connectivity index (χ1n) is 9.47. The van der Waals surface area contributed by atoms with Crippen LogP contribution in [0.4, 0.5) is 0 Å². The van der Waals surface area contributed by atoms with Crippen molar-refractivity contribution in [3.8, 4) is 0 Å². The normalized spacial score (nSPS) is 15.4. The topological polar surface area (TPSA) is 99.9 Å². The van der Waals surface area contributed by atoms with Crippen LogP contribution in [0, 0.1) is 6.92 Å². The molecule has 1 aliphatic rings. The number of hydrogen-bond donors (Lipinski definition) is 1. The summed E-state index contributed by atoms with van der Waals surface area (Å²) in [4.78, 5) is 26.9. The number of sulfonamides is 1. The second-order valence-corrected chi connectivity index (χ2v) is 9.96. The Hall–Kier alpha value is -2.36. The number of halogens is 1. The van der Waals surface area contributed by atoms with Crippen molar-refractivity contribution in [2.45, 2.75) is 30.7 Å². The van der Waals surface area contributed by atoms with Crippen molar-refractivity contribution in [2.75, 3.05) is 27.2 Å². The summed E-state index contributed by atoms with van der Waals surface area (Å²) in [7, 11) is -0.830. The number of nitrogens with one attached hydrogen (secondary N) is 1. The van der Waals surface area contributed by atoms with Crippen molar-refractivity contribution < 1.29 is 22.4 Å². The summed E-state index contributed by atoms with van der Waals surface area (Å²) in [5.74, 6) is -0.311. The maximum atomic E-state index is 13.0. The molecule has 0 bridgehead atoms. The molecule has 8 nitrogen and oxygen atoms in total. The van der Waals surface area contributed by atoms with Gasteiger partial charge in [0.2, 0.25) is 10.0 Å². The molecule has 3 rings (SSSR count). The van der Waals surface area contributed by atoms with Gasteiger partial charge in [-0.05, 0) is 44.0 Å². The fourth-order valence-electron chi connectivity index (χ4n) is 3.29. The number of amides is 2. The molecule has 0 spiro atoms. The van der Waals surface area contributed by atoms with Crippen LogP contribution in [-0.4, -0.2) is 62.7 Å². The first-order chi connectivity index (χ1) is 14.1. The van der Waals surface area contributed by atoms with E-state index in [0.29, 0.717) is 31.7 Å². The monoisotopic (exact) mass is 453 g/mol. The zero-order valence-electron chi connectivity index (χ0n) is 17.0. The molecule has 1 fully saturated rings. The van der Waals surface area contributed by atoms with Crippen LogP contribution in [0.25, 0.3) is 0 Å². The van der Waals surface area contributed by atoms with Crippen molar-refractivity contribution in [2.24, 2.45) is 0 Å². The lowest BCUT2D eigenvalue weighted by atomic mass is 10.0. The highest BCUT2D eigenvalue weighted by atomic mass is 35.5. The Morgan fingerprint density at radius 2 is 1.87 bits per heavy atom. The summed E-state index contributed by atoms with van der Waals surface area (Å²) in [5, 5.41) is 3.13. The Kier molecular flexibility index (Phi) is 6.54. The van der Waals surface area contributed by atoms with Crippen LogP contribution >= 0.6 is 11.6 Å². The molecular formula is C20H24ClN3O5S. The van der Waals surface area contributed by atoms with Gasteiger partial charge in [0.25, 0.3) is 11.8 Å². The standard InChI is InChI=1S/C20H24ClN3O5S/c1-13-8-11-29-18(13)19(25)22-14-6-9-24(10-7-14)20(26)16-12-15(4-5-17(16)21)30(27,28)23(2)3/h4-5,8,11-12,14H,6-7,9-10H2,1-3H3,(H,22,25). The third-order valence-corrected chi connectivity index (χ3v) is 7.27. The average molecular weight is 454 g/mol. The minimum Gasteiger partial charge on any atom is -0.459 e. The number of hydrogen-bond acceptors (Lipinski definition) is 5. The first-order valence-corrected chi connectivity index (χ1v) is 11.3. The van der Waals surface area contributed by atoms with Gasteiger partial charge in [0.05, 0.1) is 21.7 Å². The van der Waals surface area contributed by atoms with Gasteiger partial charge >= 0.3 is 0 Å². The van der Waals surface area contributed by atoms with Crippen LogP contribution in [0.1, 0.15) is 39.3 Å². The molecule has 2 amide bonds. The number of carbonyl (C=O) groups is 2. The van der Waals surface area contributed by atoms with Crippen molar-refractivity contribution in [1.29, 1.82) is 0 Å². The summed E-state index contributed by atoms with van der Waals surface area (Å²) in [6.45, 7) is 2.64. The molecule has 0 unspecified atom stereocenters. The predicted molar refractivity (Wildman–Crippen MR) is 112 cm³/mol. The van der Waals surface area contributed by atoms with Crippen LogP contribution in [0.2, 0.25) is 5.02 Å². The van der Waals surface area contributed by atoms with E-state index in [1.807, 2.05) is 0 Å². The van der Waals surface area contributed by atoms with Crippen molar-refractivity contribution in [3.05, 3.63) is 52.4 Å². The lowest BCUT2D eigenvalue weighted by Crippen LogP contribution is -2.46. The maximum absolute atomic E-state index is 13.0. The molecule has 30 heavy (non-hydrogen) atoms. The molecule has 0 radical (unpaired) electrons. The third kappa shape index (κ3) is 4.53. The Labute approximate surface area is 180 Å². The number of furan rings is 1. The highest BCUT2D eigenvalue weighted by Crippen LogP contribution is 2.25. The molecule has 1 N–H and O–H groups in total. The molecule has 0 saturated carbocycles. The van der Waals surface area contributed by atoms with Crippen LogP contribution in [0.3, 0.4) is 0 Å². The second kappa shape index (κ2) is 8.79. The van der Waals surface area contributed by atoms with Gasteiger partial charge in [0.1, 0.15) is 0 Å². The molecule has 1 aliphatic heterocycles. The smallest absolute Gasteiger partial charge is 0.287 e. The highest BCUT2D eigenvalue weighted by Gasteiger charge is 2.28. The van der Waals surface area contributed by atoms with Gasteiger partial charge in [-0.1, -0.05) is 11.6 Å². The summed E-state index contributed by atoms with van der Waals surface area (Å²) in [5.41, 5.74) is 0.913. The molecule has 2 aromatic rings.